The molecule has 0 spiro atoms. The Labute approximate surface area is 422 Å². The Bertz CT molecular complexity index is 3540. The smallest absolute Gasteiger partial charge is 1.00 e. The number of hydrogen-bond donors (Lipinski definition) is 1. The summed E-state index contributed by atoms with van der Waals surface area (Å²) in [5, 5.41) is 17.3. The molecule has 11 rings (SSSR count). The summed E-state index contributed by atoms with van der Waals surface area (Å²) in [5.74, 6) is -0.320. The summed E-state index contributed by atoms with van der Waals surface area (Å²) in [6, 6.07) is 52.0. The number of halogens is 10. The summed E-state index contributed by atoms with van der Waals surface area (Å²) >= 11 is 0. The first-order chi connectivity index (χ1) is 32.4. The fourth-order valence-corrected chi connectivity index (χ4v) is 8.65. The number of phenolic OH excluding ortho intramolecular Hbond substituents is 1. The molecule has 0 aromatic heterocycles. The Morgan fingerprint density at radius 3 is 1.51 bits per heavy atom. The summed E-state index contributed by atoms with van der Waals surface area (Å²) in [5.41, 5.74) is -2.12. The molecule has 1 atom stereocenters. The summed E-state index contributed by atoms with van der Waals surface area (Å²) in [7, 11) is 0. The van der Waals surface area contributed by atoms with E-state index in [-0.39, 0.29) is 57.1 Å². The van der Waals surface area contributed by atoms with Gasteiger partial charge in [-0.15, -0.1) is 6.07 Å². The Balaban J connectivity index is 0.000000186. The van der Waals surface area contributed by atoms with E-state index in [1.165, 1.54) is 35.1 Å². The topological polar surface area (TPSA) is 29.5 Å². The number of fused-ring (bicyclic) bond motifs is 9. The van der Waals surface area contributed by atoms with Gasteiger partial charge in [-0.05, 0) is 80.2 Å². The van der Waals surface area contributed by atoms with E-state index in [1.807, 2.05) is 48.5 Å². The van der Waals surface area contributed by atoms with Crippen LogP contribution in [0.25, 0.3) is 59.9 Å². The van der Waals surface area contributed by atoms with Gasteiger partial charge in [0, 0.05) is 27.5 Å². The number of rotatable bonds is 2. The van der Waals surface area contributed by atoms with E-state index in [1.54, 1.807) is 72.8 Å². The van der Waals surface area contributed by atoms with Gasteiger partial charge in [-0.3, -0.25) is 0 Å². The second-order valence-electron chi connectivity index (χ2n) is 16.2. The van der Waals surface area contributed by atoms with Crippen LogP contribution in [-0.2, 0) is 24.1 Å². The van der Waals surface area contributed by atoms with Crippen molar-refractivity contribution in [2.24, 2.45) is 0 Å². The quantitative estimate of drug-likeness (QED) is 0.0809. The molecule has 0 aliphatic carbocycles. The maximum Gasteiger partial charge on any atom is 2.00 e. The fraction of sp³-hybridized carbons (Fsp3) is 0.0702. The molecule has 10 aromatic carbocycles. The number of benzene rings is 10. The van der Waals surface area contributed by atoms with Gasteiger partial charge in [0.1, 0.15) is 11.5 Å². The van der Waals surface area contributed by atoms with Crippen molar-refractivity contribution in [2.45, 2.75) is 24.1 Å². The number of hydrogen-bond acceptors (Lipinski definition) is 2. The van der Waals surface area contributed by atoms with Crippen molar-refractivity contribution in [3.8, 4) is 11.5 Å². The van der Waals surface area contributed by atoms with Gasteiger partial charge in [-0.25, -0.2) is 0 Å². The molecule has 1 aliphatic rings. The van der Waals surface area contributed by atoms with Crippen molar-refractivity contribution in [1.29, 1.82) is 0 Å². The van der Waals surface area contributed by atoms with Gasteiger partial charge in [-0.1, -0.05) is 145 Å². The average molecular weight is 1030 g/mol. The molecule has 10 aromatic rings. The van der Waals surface area contributed by atoms with Gasteiger partial charge >= 0.3 is 41.6 Å². The molecule has 0 bridgehead atoms. The van der Waals surface area contributed by atoms with Gasteiger partial charge in [0.2, 0.25) is 0 Å². The first-order valence-electron chi connectivity index (χ1n) is 21.1. The SMILES string of the molecule is FC(F)(F)c1ccc(C2(c3ccccc3)C=Cc3c(C(F)(F)F)cc4ccc5ccccc5c4c3O2)cc1.Oc1cc(C(F)(F)F)cc2ccc3ccccc3c12.[Br-].[CH2-]c1ccc2ccccc2c1.[Mg+2]. The molecule has 2 nitrogen and oxygen atoms in total. The number of ether oxygens (including phenoxy) is 1. The van der Waals surface area contributed by atoms with Gasteiger partial charge < -0.3 is 26.8 Å². The molecule has 0 amide bonds. The average Bonchev–Trinajstić information content (AvgIpc) is 3.33. The van der Waals surface area contributed by atoms with E-state index in [0.717, 1.165) is 52.1 Å². The van der Waals surface area contributed by atoms with Crippen LogP contribution in [0.15, 0.2) is 194 Å². The third-order valence-electron chi connectivity index (χ3n) is 11.9. The largest absolute Gasteiger partial charge is 2.00 e. The Kier molecular flexibility index (Phi) is 14.6. The molecule has 0 fully saturated rings. The van der Waals surface area contributed by atoms with E-state index >= 15 is 0 Å². The van der Waals surface area contributed by atoms with Crippen molar-refractivity contribution in [1.82, 2.24) is 0 Å². The zero-order chi connectivity index (χ0) is 48.0. The van der Waals surface area contributed by atoms with Crippen LogP contribution < -0.4 is 21.7 Å². The Morgan fingerprint density at radius 1 is 0.443 bits per heavy atom. The van der Waals surface area contributed by atoms with E-state index in [0.29, 0.717) is 38.1 Å². The monoisotopic (exact) mass is 1030 g/mol. The summed E-state index contributed by atoms with van der Waals surface area (Å²) in [6.45, 7) is 3.87. The summed E-state index contributed by atoms with van der Waals surface area (Å²) in [4.78, 5) is 0. The maximum atomic E-state index is 14.2. The standard InChI is InChI=1S/C31H18F6O.C15H9F3O.C11H9.BrH.Mg/c32-30(33,34)23-14-12-22(13-15-23)29(21-7-2-1-3-8-21)17-16-25-26(31(35,36)37)18-20-11-10-19-6-4-5-9-24(19)27(20)28(25)38-29;16-15(17,18)11-7-10-6-5-9-3-1-2-4-12(9)14(10)13(19)8-11;1-9-6-7-10-4-2-3-5-11(10)8-9;;/h1-18H;1-8,19H;2-8H,1H2;1H;/q;;-1;;+2/p-1. The first kappa shape index (κ1) is 51.2. The summed E-state index contributed by atoms with van der Waals surface area (Å²) in [6.07, 6.45) is -10.8. The van der Waals surface area contributed by atoms with Crippen LogP contribution in [0.4, 0.5) is 39.5 Å². The maximum absolute atomic E-state index is 14.2. The number of phenols is 1. The van der Waals surface area contributed by atoms with Gasteiger partial charge in [0.15, 0.2) is 5.60 Å². The Morgan fingerprint density at radius 2 is 0.929 bits per heavy atom. The molecule has 1 N–H and O–H groups in total. The van der Waals surface area contributed by atoms with Crippen LogP contribution in [0.2, 0.25) is 0 Å². The molecule has 0 radical (unpaired) electrons. The predicted octanol–water partition coefficient (Wildman–Crippen LogP) is 13.7. The van der Waals surface area contributed by atoms with Crippen LogP contribution in [0.5, 0.6) is 11.5 Å². The molecule has 13 heteroatoms. The predicted molar refractivity (Wildman–Crippen MR) is 257 cm³/mol. The second-order valence-corrected chi connectivity index (χ2v) is 16.2. The van der Waals surface area contributed by atoms with Crippen molar-refractivity contribution in [3.05, 3.63) is 240 Å². The van der Waals surface area contributed by atoms with E-state index in [9.17, 15) is 44.6 Å². The molecule has 1 aliphatic heterocycles. The van der Waals surface area contributed by atoms with Crippen molar-refractivity contribution in [2.75, 3.05) is 0 Å². The van der Waals surface area contributed by atoms with Crippen LogP contribution in [-0.4, -0.2) is 28.2 Å². The number of aromatic hydroxyl groups is 1. The molecule has 70 heavy (non-hydrogen) atoms. The molecule has 0 saturated heterocycles. The molecular formula is C57H36BrF9MgO2. The van der Waals surface area contributed by atoms with Gasteiger partial charge in [-0.2, -0.15) is 64.1 Å². The van der Waals surface area contributed by atoms with E-state index in [2.05, 4.69) is 31.2 Å². The molecule has 1 unspecified atom stereocenters. The van der Waals surface area contributed by atoms with Crippen LogP contribution in [0.1, 0.15) is 38.9 Å². The molecule has 0 saturated carbocycles. The van der Waals surface area contributed by atoms with Crippen LogP contribution in [0.3, 0.4) is 0 Å². The minimum absolute atomic E-state index is 0. The molecular weight excluding hydrogens is 992 g/mol. The van der Waals surface area contributed by atoms with E-state index < -0.39 is 40.8 Å². The van der Waals surface area contributed by atoms with Crippen LogP contribution >= 0.6 is 0 Å². The van der Waals surface area contributed by atoms with Crippen molar-refractivity contribution >= 4 is 83.0 Å². The second kappa shape index (κ2) is 20.0. The molecule has 1 heterocycles. The Hall–Kier alpha value is -6.67. The zero-order valence-electron chi connectivity index (χ0n) is 36.6. The minimum Gasteiger partial charge on any atom is -1.00 e. The third-order valence-corrected chi connectivity index (χ3v) is 11.9. The van der Waals surface area contributed by atoms with Gasteiger partial charge in [0.05, 0.1) is 16.7 Å². The van der Waals surface area contributed by atoms with E-state index in [4.69, 9.17) is 4.74 Å². The normalized spacial score (nSPS) is 14.4. The van der Waals surface area contributed by atoms with Gasteiger partial charge in [0.25, 0.3) is 0 Å². The number of alkyl halides is 9. The zero-order valence-corrected chi connectivity index (χ0v) is 39.6. The third kappa shape index (κ3) is 10.1. The fourth-order valence-electron chi connectivity index (χ4n) is 8.65. The van der Waals surface area contributed by atoms with Crippen molar-refractivity contribution in [3.63, 3.8) is 0 Å². The first-order valence-corrected chi connectivity index (χ1v) is 21.1. The molecule has 348 valence electrons. The summed E-state index contributed by atoms with van der Waals surface area (Å²) < 4.78 is 127. The van der Waals surface area contributed by atoms with Crippen LogP contribution in [0, 0.1) is 6.92 Å². The van der Waals surface area contributed by atoms with Crippen molar-refractivity contribution < 1.29 is 66.3 Å². The minimum atomic E-state index is -4.65.